The maximum absolute atomic E-state index is 14.5. The summed E-state index contributed by atoms with van der Waals surface area (Å²) in [4.78, 5) is 134. The molecule has 16 N–H and O–H groups in total. The van der Waals surface area contributed by atoms with E-state index in [1.807, 2.05) is 0 Å². The van der Waals surface area contributed by atoms with Gasteiger partial charge in [-0.05, 0) is 68.7 Å². The van der Waals surface area contributed by atoms with Crippen molar-refractivity contribution in [3.8, 4) is 5.75 Å². The lowest BCUT2D eigenvalue weighted by molar-refractivity contribution is -0.145. The van der Waals surface area contributed by atoms with E-state index in [2.05, 4.69) is 46.9 Å². The van der Waals surface area contributed by atoms with E-state index in [4.69, 9.17) is 22.3 Å². The van der Waals surface area contributed by atoms with Crippen molar-refractivity contribution in [3.05, 3.63) is 83.9 Å². The number of aromatic amines is 1. The van der Waals surface area contributed by atoms with Crippen LogP contribution in [0.2, 0.25) is 0 Å². The number of likely N-dealkylation sites (tertiary alicyclic amines) is 1. The van der Waals surface area contributed by atoms with E-state index in [0.717, 1.165) is 0 Å². The number of phenols is 1. The van der Waals surface area contributed by atoms with Crippen molar-refractivity contribution in [3.63, 3.8) is 0 Å². The molecular formula is C49H69N13O12. The number of aliphatic carboxylic acids is 2. The van der Waals surface area contributed by atoms with Crippen molar-refractivity contribution in [1.29, 1.82) is 0 Å². The molecule has 0 radical (unpaired) electrons. The zero-order valence-electron chi connectivity index (χ0n) is 41.8. The van der Waals surface area contributed by atoms with Gasteiger partial charge in [-0.25, -0.2) is 9.78 Å². The molecule has 7 amide bonds. The van der Waals surface area contributed by atoms with E-state index < -0.39 is 113 Å². The predicted molar refractivity (Wildman–Crippen MR) is 268 cm³/mol. The highest BCUT2D eigenvalue weighted by molar-refractivity contribution is 5.99. The molecule has 1 aliphatic heterocycles. The molecule has 25 nitrogen and oxygen atoms in total. The van der Waals surface area contributed by atoms with Crippen molar-refractivity contribution >= 4 is 59.2 Å². The van der Waals surface area contributed by atoms with Crippen LogP contribution >= 0.6 is 0 Å². The molecule has 1 saturated heterocycles. The second-order valence-electron chi connectivity index (χ2n) is 18.7. The van der Waals surface area contributed by atoms with Gasteiger partial charge in [0, 0.05) is 44.2 Å². The predicted octanol–water partition coefficient (Wildman–Crippen LogP) is -1.56. The summed E-state index contributed by atoms with van der Waals surface area (Å²) in [5.74, 6) is -9.13. The standard InChI is InChI=1S/C49H69N13O12/c1-5-27(2)39(44(70)57-35(23-30-25-53-26-55-30)45(71)62-20-10-14-37(62)43(69)58-36(46(72)73)22-28-11-7-6-8-12-28)60-41(67)34(21-29-15-17-31(63)18-16-29)59-47(74)49(3,4)61-42(68)33(13-9-19-54-48(51)52)56-40(66)32(50)24-38(64)65/h6-8,11-12,15-18,25-27,32-37,39,63H,5,9-10,13-14,19-24,50H2,1-4H3,(H,53,55)(H,56,66)(H,57,70)(H,58,69)(H,59,74)(H,60,67)(H,61,68)(H,64,65)(H,72,73)(H4,51,52,54)/t27-,32-,33-,34-,35-,36-,37-,39-/m0/s1. The number of hydrogen-bond acceptors (Lipinski definition) is 13. The SMILES string of the molecule is CC[C@H](C)[C@H](NC(=O)[C@H](Cc1ccc(O)cc1)NC(=O)C(C)(C)NC(=O)[C@H](CCCN=C(N)N)NC(=O)[C@@H](N)CC(=O)O)C(=O)N[C@@H](Cc1cnc[nH]1)C(=O)N1CCC[C@H]1C(=O)N[C@@H](Cc1ccccc1)C(=O)O. The van der Waals surface area contributed by atoms with Crippen LogP contribution in [-0.4, -0.2) is 150 Å². The van der Waals surface area contributed by atoms with Crippen molar-refractivity contribution in [2.24, 2.45) is 28.1 Å². The number of benzene rings is 2. The number of carbonyl (C=O) groups excluding carboxylic acids is 7. The minimum absolute atomic E-state index is 0.00265. The van der Waals surface area contributed by atoms with Crippen LogP contribution in [-0.2, 0) is 62.4 Å². The number of H-pyrrole nitrogens is 1. The van der Waals surface area contributed by atoms with Gasteiger partial charge in [-0.1, -0.05) is 62.7 Å². The van der Waals surface area contributed by atoms with E-state index in [9.17, 15) is 53.4 Å². The Bertz CT molecular complexity index is 2450. The Hall–Kier alpha value is -8.09. The summed E-state index contributed by atoms with van der Waals surface area (Å²) in [6, 6.07) is 5.23. The highest BCUT2D eigenvalue weighted by Crippen LogP contribution is 2.21. The Morgan fingerprint density at radius 3 is 2.07 bits per heavy atom. The quantitative estimate of drug-likeness (QED) is 0.0222. The van der Waals surface area contributed by atoms with Crippen molar-refractivity contribution in [1.82, 2.24) is 46.8 Å². The second-order valence-corrected chi connectivity index (χ2v) is 18.7. The average Bonchev–Trinajstić information content (AvgIpc) is 4.07. The van der Waals surface area contributed by atoms with E-state index in [1.165, 1.54) is 55.5 Å². The van der Waals surface area contributed by atoms with Crippen molar-refractivity contribution in [2.45, 2.75) is 133 Å². The molecule has 402 valence electrons. The van der Waals surface area contributed by atoms with Gasteiger partial charge >= 0.3 is 11.9 Å². The van der Waals surface area contributed by atoms with E-state index in [-0.39, 0.29) is 63.3 Å². The lowest BCUT2D eigenvalue weighted by Gasteiger charge is -2.32. The number of imidazole rings is 1. The molecule has 0 aliphatic carbocycles. The molecule has 0 bridgehead atoms. The number of carboxylic acid groups (broad SMARTS) is 2. The van der Waals surface area contributed by atoms with Gasteiger partial charge in [0.15, 0.2) is 5.96 Å². The number of aromatic hydroxyl groups is 1. The molecular weight excluding hydrogens is 963 g/mol. The van der Waals surface area contributed by atoms with Crippen LogP contribution in [0, 0.1) is 5.92 Å². The Balaban J connectivity index is 1.57. The second kappa shape index (κ2) is 27.7. The molecule has 2 heterocycles. The number of nitrogens with one attached hydrogen (secondary N) is 7. The number of phenolic OH excluding ortho intramolecular Hbond substituents is 1. The zero-order valence-corrected chi connectivity index (χ0v) is 41.8. The average molecular weight is 1030 g/mol. The molecule has 0 saturated carbocycles. The molecule has 8 atom stereocenters. The molecule has 0 spiro atoms. The number of hydrogen-bond donors (Lipinski definition) is 13. The lowest BCUT2D eigenvalue weighted by Crippen LogP contribution is -2.63. The first-order valence-electron chi connectivity index (χ1n) is 24.2. The summed E-state index contributed by atoms with van der Waals surface area (Å²) in [6.45, 7) is 6.32. The highest BCUT2D eigenvalue weighted by atomic mass is 16.4. The molecule has 25 heteroatoms. The fraction of sp³-hybridized carbons (Fsp3) is 0.490. The maximum Gasteiger partial charge on any atom is 0.326 e. The monoisotopic (exact) mass is 1030 g/mol. The number of amides is 7. The van der Waals surface area contributed by atoms with Gasteiger partial charge in [-0.15, -0.1) is 0 Å². The first-order valence-corrected chi connectivity index (χ1v) is 24.2. The molecule has 3 aromatic rings. The fourth-order valence-corrected chi connectivity index (χ4v) is 8.05. The van der Waals surface area contributed by atoms with Crippen LogP contribution in [0.15, 0.2) is 72.1 Å². The van der Waals surface area contributed by atoms with Crippen molar-refractivity contribution in [2.75, 3.05) is 13.1 Å². The number of aliphatic imine (C=N–C) groups is 1. The summed E-state index contributed by atoms with van der Waals surface area (Å²) >= 11 is 0. The summed E-state index contributed by atoms with van der Waals surface area (Å²) < 4.78 is 0. The maximum atomic E-state index is 14.5. The molecule has 0 unspecified atom stereocenters. The van der Waals surface area contributed by atoms with Gasteiger partial charge in [-0.2, -0.15) is 0 Å². The third-order valence-corrected chi connectivity index (χ3v) is 12.4. The third kappa shape index (κ3) is 17.9. The number of guanidine groups is 1. The van der Waals surface area contributed by atoms with Gasteiger partial charge in [0.05, 0.1) is 18.8 Å². The Kier molecular flexibility index (Phi) is 21.9. The van der Waals surface area contributed by atoms with Gasteiger partial charge < -0.3 is 74.3 Å². The first kappa shape index (κ1) is 58.5. The number of aromatic nitrogens is 2. The number of rotatable bonds is 28. The van der Waals surface area contributed by atoms with E-state index in [0.29, 0.717) is 29.7 Å². The van der Waals surface area contributed by atoms with E-state index >= 15 is 0 Å². The fourth-order valence-electron chi connectivity index (χ4n) is 8.05. The number of carboxylic acids is 2. The normalized spacial score (nSPS) is 16.1. The minimum Gasteiger partial charge on any atom is -0.508 e. The Labute approximate surface area is 427 Å². The van der Waals surface area contributed by atoms with Crippen LogP contribution < -0.4 is 49.1 Å². The highest BCUT2D eigenvalue weighted by Gasteiger charge is 2.41. The summed E-state index contributed by atoms with van der Waals surface area (Å²) in [7, 11) is 0. The van der Waals surface area contributed by atoms with Crippen LogP contribution in [0.3, 0.4) is 0 Å². The number of nitrogens with zero attached hydrogens (tertiary/aromatic N) is 3. The Morgan fingerprint density at radius 1 is 0.811 bits per heavy atom. The van der Waals surface area contributed by atoms with Gasteiger partial charge in [0.25, 0.3) is 0 Å². The minimum atomic E-state index is -1.80. The topological polar surface area (TPSA) is 409 Å². The molecule has 1 fully saturated rings. The largest absolute Gasteiger partial charge is 0.508 e. The number of carbonyl (C=O) groups is 9. The lowest BCUT2D eigenvalue weighted by atomic mass is 9.96. The third-order valence-electron chi connectivity index (χ3n) is 12.4. The summed E-state index contributed by atoms with van der Waals surface area (Å²) in [5, 5.41) is 44.9. The van der Waals surface area contributed by atoms with E-state index in [1.54, 1.807) is 44.2 Å². The van der Waals surface area contributed by atoms with Gasteiger partial charge in [-0.3, -0.25) is 43.3 Å². The van der Waals surface area contributed by atoms with Crippen LogP contribution in [0.1, 0.15) is 83.0 Å². The van der Waals surface area contributed by atoms with Crippen LogP contribution in [0.25, 0.3) is 0 Å². The Morgan fingerprint density at radius 2 is 1.46 bits per heavy atom. The van der Waals surface area contributed by atoms with Crippen molar-refractivity contribution < 1.29 is 58.5 Å². The van der Waals surface area contributed by atoms with Gasteiger partial charge in [0.1, 0.15) is 47.5 Å². The summed E-state index contributed by atoms with van der Waals surface area (Å²) in [6.07, 6.45) is 2.88. The number of nitrogens with two attached hydrogens (primary N) is 3. The smallest absolute Gasteiger partial charge is 0.326 e. The first-order chi connectivity index (χ1) is 35.0. The van der Waals surface area contributed by atoms with Gasteiger partial charge in [0.2, 0.25) is 41.4 Å². The molecule has 74 heavy (non-hydrogen) atoms. The molecule has 1 aliphatic rings. The molecule has 2 aromatic carbocycles. The van der Waals surface area contributed by atoms with Crippen LogP contribution in [0.4, 0.5) is 0 Å². The molecule has 4 rings (SSSR count). The van der Waals surface area contributed by atoms with Crippen LogP contribution in [0.5, 0.6) is 5.75 Å². The molecule has 1 aromatic heterocycles. The summed E-state index contributed by atoms with van der Waals surface area (Å²) in [5.41, 5.74) is 16.4. The zero-order chi connectivity index (χ0) is 54.7.